The molecule has 1 atom stereocenters. The molecule has 88 valence electrons. The summed E-state index contributed by atoms with van der Waals surface area (Å²) in [6.45, 7) is 2.23. The van der Waals surface area contributed by atoms with Gasteiger partial charge in [0.15, 0.2) is 0 Å². The van der Waals surface area contributed by atoms with Gasteiger partial charge in [-0.15, -0.1) is 0 Å². The van der Waals surface area contributed by atoms with Crippen LogP contribution in [0, 0.1) is 10.1 Å². The topological polar surface area (TPSA) is 72.6 Å². The second-order valence-corrected chi connectivity index (χ2v) is 3.59. The number of aliphatic hydroxyl groups excluding tert-OH is 1. The number of ether oxygens (including phenoxy) is 1. The maximum atomic E-state index is 10.4. The smallest absolute Gasteiger partial charge is 0.269 e. The Morgan fingerprint density at radius 3 is 2.56 bits per heavy atom. The van der Waals surface area contributed by atoms with Crippen molar-refractivity contribution < 1.29 is 14.8 Å². The van der Waals surface area contributed by atoms with Crippen LogP contribution in [0.3, 0.4) is 0 Å². The molecule has 0 heterocycles. The molecule has 1 N–H and O–H groups in total. The molecule has 5 heteroatoms. The van der Waals surface area contributed by atoms with Crippen LogP contribution in [0.2, 0.25) is 0 Å². The SMILES string of the molecule is CC(O)CCCOc1ccc([N+](=O)[O-])cc1. The van der Waals surface area contributed by atoms with Crippen molar-refractivity contribution in [3.63, 3.8) is 0 Å². The zero-order valence-corrected chi connectivity index (χ0v) is 9.13. The summed E-state index contributed by atoms with van der Waals surface area (Å²) in [5.41, 5.74) is 0.0522. The highest BCUT2D eigenvalue weighted by Crippen LogP contribution is 2.17. The predicted molar refractivity (Wildman–Crippen MR) is 59.5 cm³/mol. The van der Waals surface area contributed by atoms with Crippen molar-refractivity contribution in [2.75, 3.05) is 6.61 Å². The van der Waals surface area contributed by atoms with E-state index in [0.717, 1.165) is 6.42 Å². The van der Waals surface area contributed by atoms with Gasteiger partial charge < -0.3 is 9.84 Å². The quantitative estimate of drug-likeness (QED) is 0.457. The zero-order valence-electron chi connectivity index (χ0n) is 9.13. The van der Waals surface area contributed by atoms with Crippen molar-refractivity contribution in [1.29, 1.82) is 0 Å². The molecule has 0 aliphatic carbocycles. The highest BCUT2D eigenvalue weighted by molar-refractivity contribution is 5.35. The van der Waals surface area contributed by atoms with Gasteiger partial charge in [-0.05, 0) is 31.9 Å². The summed E-state index contributed by atoms with van der Waals surface area (Å²) >= 11 is 0. The molecule has 1 rings (SSSR count). The van der Waals surface area contributed by atoms with Crippen molar-refractivity contribution >= 4 is 5.69 Å². The number of benzene rings is 1. The van der Waals surface area contributed by atoms with Crippen LogP contribution in [-0.4, -0.2) is 22.7 Å². The first-order valence-corrected chi connectivity index (χ1v) is 5.15. The van der Waals surface area contributed by atoms with Crippen LogP contribution in [0.5, 0.6) is 5.75 Å². The number of aliphatic hydroxyl groups is 1. The van der Waals surface area contributed by atoms with E-state index in [4.69, 9.17) is 9.84 Å². The minimum Gasteiger partial charge on any atom is -0.494 e. The number of nitro benzene ring substituents is 1. The Morgan fingerprint density at radius 2 is 2.06 bits per heavy atom. The highest BCUT2D eigenvalue weighted by Gasteiger charge is 2.04. The van der Waals surface area contributed by atoms with Crippen LogP contribution >= 0.6 is 0 Å². The monoisotopic (exact) mass is 225 g/mol. The van der Waals surface area contributed by atoms with E-state index in [1.54, 1.807) is 19.1 Å². The Morgan fingerprint density at radius 1 is 1.44 bits per heavy atom. The molecule has 0 saturated heterocycles. The number of nitro groups is 1. The summed E-state index contributed by atoms with van der Waals surface area (Å²) in [5, 5.41) is 19.4. The Balaban J connectivity index is 2.35. The first kappa shape index (κ1) is 12.4. The molecule has 1 unspecified atom stereocenters. The summed E-state index contributed by atoms with van der Waals surface area (Å²) in [6, 6.07) is 5.95. The fourth-order valence-electron chi connectivity index (χ4n) is 1.23. The third-order valence-electron chi connectivity index (χ3n) is 2.08. The molecule has 0 aromatic heterocycles. The average Bonchev–Trinajstić information content (AvgIpc) is 2.25. The lowest BCUT2D eigenvalue weighted by molar-refractivity contribution is -0.384. The standard InChI is InChI=1S/C11H15NO4/c1-9(13)3-2-8-16-11-6-4-10(5-7-11)12(14)15/h4-7,9,13H,2-3,8H2,1H3. The largest absolute Gasteiger partial charge is 0.494 e. The molecule has 0 saturated carbocycles. The molecule has 0 bridgehead atoms. The van der Waals surface area contributed by atoms with Crippen molar-refractivity contribution in [3.05, 3.63) is 34.4 Å². The molecule has 0 aliphatic rings. The molecule has 1 aromatic rings. The van der Waals surface area contributed by atoms with Gasteiger partial charge >= 0.3 is 0 Å². The molecule has 0 fully saturated rings. The van der Waals surface area contributed by atoms with Crippen molar-refractivity contribution in [2.45, 2.75) is 25.9 Å². The molecule has 0 spiro atoms. The third-order valence-corrected chi connectivity index (χ3v) is 2.08. The van der Waals surface area contributed by atoms with Crippen molar-refractivity contribution in [1.82, 2.24) is 0 Å². The zero-order chi connectivity index (χ0) is 12.0. The minimum atomic E-state index is -0.447. The van der Waals surface area contributed by atoms with E-state index in [9.17, 15) is 10.1 Å². The molecule has 0 radical (unpaired) electrons. The number of non-ortho nitro benzene ring substituents is 1. The Hall–Kier alpha value is -1.62. The Kier molecular flexibility index (Phi) is 4.72. The first-order chi connectivity index (χ1) is 7.59. The maximum absolute atomic E-state index is 10.4. The molecular formula is C11H15NO4. The van der Waals surface area contributed by atoms with Gasteiger partial charge in [0, 0.05) is 12.1 Å². The third kappa shape index (κ3) is 4.27. The molecule has 1 aromatic carbocycles. The van der Waals surface area contributed by atoms with Gasteiger partial charge in [0.05, 0.1) is 17.6 Å². The van der Waals surface area contributed by atoms with E-state index in [1.165, 1.54) is 12.1 Å². The number of hydrogen-bond acceptors (Lipinski definition) is 4. The first-order valence-electron chi connectivity index (χ1n) is 5.15. The summed E-state index contributed by atoms with van der Waals surface area (Å²) < 4.78 is 5.36. The normalized spacial score (nSPS) is 12.1. The number of hydrogen-bond donors (Lipinski definition) is 1. The summed E-state index contributed by atoms with van der Waals surface area (Å²) in [4.78, 5) is 9.94. The number of nitrogens with zero attached hydrogens (tertiary/aromatic N) is 1. The van der Waals surface area contributed by atoms with Crippen LogP contribution in [0.1, 0.15) is 19.8 Å². The van der Waals surface area contributed by atoms with E-state index in [2.05, 4.69) is 0 Å². The van der Waals surface area contributed by atoms with Gasteiger partial charge in [-0.25, -0.2) is 0 Å². The lowest BCUT2D eigenvalue weighted by Crippen LogP contribution is -2.04. The highest BCUT2D eigenvalue weighted by atomic mass is 16.6. The fraction of sp³-hybridized carbons (Fsp3) is 0.455. The van der Waals surface area contributed by atoms with E-state index in [0.29, 0.717) is 18.8 Å². The molecular weight excluding hydrogens is 210 g/mol. The van der Waals surface area contributed by atoms with Crippen LogP contribution in [-0.2, 0) is 0 Å². The predicted octanol–water partition coefficient (Wildman–Crippen LogP) is 2.13. The molecule has 16 heavy (non-hydrogen) atoms. The molecule has 5 nitrogen and oxygen atoms in total. The number of rotatable bonds is 6. The Bertz CT molecular complexity index is 334. The minimum absolute atomic E-state index is 0.0522. The summed E-state index contributed by atoms with van der Waals surface area (Å²) in [7, 11) is 0. The fourth-order valence-corrected chi connectivity index (χ4v) is 1.23. The van der Waals surface area contributed by atoms with Crippen molar-refractivity contribution in [3.8, 4) is 5.75 Å². The van der Waals surface area contributed by atoms with Crippen LogP contribution in [0.25, 0.3) is 0 Å². The maximum Gasteiger partial charge on any atom is 0.269 e. The lowest BCUT2D eigenvalue weighted by atomic mass is 10.2. The average molecular weight is 225 g/mol. The van der Waals surface area contributed by atoms with Crippen LogP contribution in [0.15, 0.2) is 24.3 Å². The van der Waals surface area contributed by atoms with E-state index in [-0.39, 0.29) is 11.8 Å². The van der Waals surface area contributed by atoms with E-state index in [1.807, 2.05) is 0 Å². The van der Waals surface area contributed by atoms with Crippen LogP contribution in [0.4, 0.5) is 5.69 Å². The molecule has 0 amide bonds. The van der Waals surface area contributed by atoms with E-state index < -0.39 is 4.92 Å². The van der Waals surface area contributed by atoms with Gasteiger partial charge in [-0.1, -0.05) is 0 Å². The second kappa shape index (κ2) is 6.07. The van der Waals surface area contributed by atoms with Gasteiger partial charge in [-0.2, -0.15) is 0 Å². The van der Waals surface area contributed by atoms with E-state index >= 15 is 0 Å². The van der Waals surface area contributed by atoms with Gasteiger partial charge in [0.1, 0.15) is 5.75 Å². The van der Waals surface area contributed by atoms with Gasteiger partial charge in [0.2, 0.25) is 0 Å². The van der Waals surface area contributed by atoms with Gasteiger partial charge in [-0.3, -0.25) is 10.1 Å². The van der Waals surface area contributed by atoms with Crippen LogP contribution < -0.4 is 4.74 Å². The summed E-state index contributed by atoms with van der Waals surface area (Å²) in [5.74, 6) is 0.608. The summed E-state index contributed by atoms with van der Waals surface area (Å²) in [6.07, 6.45) is 1.13. The Labute approximate surface area is 93.8 Å². The molecule has 0 aliphatic heterocycles. The van der Waals surface area contributed by atoms with Crippen molar-refractivity contribution in [2.24, 2.45) is 0 Å². The van der Waals surface area contributed by atoms with Gasteiger partial charge in [0.25, 0.3) is 5.69 Å². The lowest BCUT2D eigenvalue weighted by Gasteiger charge is -2.06. The second-order valence-electron chi connectivity index (χ2n) is 3.59.